The molecule has 0 atom stereocenters. The summed E-state index contributed by atoms with van der Waals surface area (Å²) in [7, 11) is 0. The zero-order valence-electron chi connectivity index (χ0n) is 11.4. The molecule has 0 aliphatic rings. The van der Waals surface area contributed by atoms with E-state index in [2.05, 4.69) is 33.9 Å². The highest BCUT2D eigenvalue weighted by molar-refractivity contribution is 5.60. The summed E-state index contributed by atoms with van der Waals surface area (Å²) in [6.45, 7) is 1.91. The maximum atomic E-state index is 12.2. The number of nitrogens with zero attached hydrogens (tertiary/aromatic N) is 1. The number of halogens is 2. The second-order valence-electron chi connectivity index (χ2n) is 4.69. The van der Waals surface area contributed by atoms with Gasteiger partial charge in [-0.3, -0.25) is 0 Å². The topological polar surface area (TPSA) is 49.9 Å². The van der Waals surface area contributed by atoms with Gasteiger partial charge in [-0.05, 0) is 12.1 Å². The summed E-state index contributed by atoms with van der Waals surface area (Å²) in [5, 5.41) is 3.25. The number of nitrogens with one attached hydrogen (secondary N) is 2. The number of imidazole rings is 1. The summed E-state index contributed by atoms with van der Waals surface area (Å²) in [6.07, 6.45) is 1.68. The lowest BCUT2D eigenvalue weighted by molar-refractivity contribution is -0.0498. The Labute approximate surface area is 116 Å². The van der Waals surface area contributed by atoms with Gasteiger partial charge >= 0.3 is 6.61 Å². The lowest BCUT2D eigenvalue weighted by Gasteiger charge is -2.06. The number of alkyl halides is 2. The summed E-state index contributed by atoms with van der Waals surface area (Å²) in [4.78, 5) is 7.40. The molecule has 0 aliphatic heterocycles. The highest BCUT2D eigenvalue weighted by Gasteiger charge is 2.08. The van der Waals surface area contributed by atoms with E-state index in [9.17, 15) is 8.78 Å². The molecule has 0 saturated heterocycles. The van der Waals surface area contributed by atoms with Crippen LogP contribution < -0.4 is 10.1 Å². The van der Waals surface area contributed by atoms with Crippen molar-refractivity contribution >= 4 is 0 Å². The fourth-order valence-electron chi connectivity index (χ4n) is 1.74. The highest BCUT2D eigenvalue weighted by Crippen LogP contribution is 2.23. The minimum Gasteiger partial charge on any atom is -0.435 e. The van der Waals surface area contributed by atoms with Crippen LogP contribution in [0.4, 0.5) is 8.78 Å². The number of H-pyrrole nitrogens is 1. The van der Waals surface area contributed by atoms with Crippen LogP contribution in [0.5, 0.6) is 5.75 Å². The summed E-state index contributed by atoms with van der Waals surface area (Å²) in [5.74, 6) is 0.933. The van der Waals surface area contributed by atoms with Crippen LogP contribution in [0.25, 0.3) is 11.3 Å². The molecule has 0 amide bonds. The number of aromatic amines is 1. The molecule has 2 aromatic rings. The first-order chi connectivity index (χ1) is 9.54. The maximum absolute atomic E-state index is 12.2. The van der Waals surface area contributed by atoms with E-state index in [1.54, 1.807) is 18.3 Å². The van der Waals surface area contributed by atoms with Crippen LogP contribution in [-0.4, -0.2) is 22.6 Å². The van der Waals surface area contributed by atoms with Crippen LogP contribution in [0.3, 0.4) is 0 Å². The summed E-state index contributed by atoms with van der Waals surface area (Å²) in [6, 6.07) is 6.89. The summed E-state index contributed by atoms with van der Waals surface area (Å²) < 4.78 is 28.8. The molecule has 4 nitrogen and oxygen atoms in total. The molecule has 1 heterocycles. The van der Waals surface area contributed by atoms with Gasteiger partial charge in [0.15, 0.2) is 0 Å². The van der Waals surface area contributed by atoms with E-state index in [4.69, 9.17) is 0 Å². The van der Waals surface area contributed by atoms with Crippen molar-refractivity contribution < 1.29 is 13.5 Å². The Morgan fingerprint density at radius 1 is 1.35 bits per heavy atom. The lowest BCUT2D eigenvalue weighted by atomic mass is 10.1. The normalized spacial score (nSPS) is 11.3. The van der Waals surface area contributed by atoms with Crippen LogP contribution in [-0.2, 0) is 6.54 Å². The van der Waals surface area contributed by atoms with Gasteiger partial charge in [-0.25, -0.2) is 4.98 Å². The van der Waals surface area contributed by atoms with E-state index in [1.165, 1.54) is 6.07 Å². The van der Waals surface area contributed by atoms with Crippen molar-refractivity contribution in [2.24, 2.45) is 0 Å². The smallest absolute Gasteiger partial charge is 0.387 e. The first-order valence-electron chi connectivity index (χ1n) is 6.37. The average molecular weight is 281 g/mol. The fraction of sp³-hybridized carbons (Fsp3) is 0.357. The van der Waals surface area contributed by atoms with E-state index in [0.717, 1.165) is 17.1 Å². The molecule has 0 spiro atoms. The molecule has 1 aromatic heterocycles. The first-order valence-corrected chi connectivity index (χ1v) is 6.37. The molecule has 2 rings (SSSR count). The van der Waals surface area contributed by atoms with Gasteiger partial charge in [0.05, 0.1) is 18.4 Å². The zero-order chi connectivity index (χ0) is 14.5. The van der Waals surface area contributed by atoms with Crippen molar-refractivity contribution in [3.05, 3.63) is 36.3 Å². The summed E-state index contributed by atoms with van der Waals surface area (Å²) in [5.41, 5.74) is 1.52. The molecule has 0 radical (unpaired) electrons. The predicted molar refractivity (Wildman–Crippen MR) is 72.6 cm³/mol. The number of rotatable bonds is 6. The monoisotopic (exact) mass is 281 g/mol. The van der Waals surface area contributed by atoms with Crippen molar-refractivity contribution in [3.63, 3.8) is 0 Å². The van der Waals surface area contributed by atoms with Gasteiger partial charge in [-0.1, -0.05) is 26.0 Å². The van der Waals surface area contributed by atoms with Crippen LogP contribution >= 0.6 is 0 Å². The van der Waals surface area contributed by atoms with Crippen LogP contribution in [0.2, 0.25) is 0 Å². The number of aromatic nitrogens is 2. The molecule has 20 heavy (non-hydrogen) atoms. The van der Waals surface area contributed by atoms with Gasteiger partial charge < -0.3 is 15.0 Å². The molecule has 2 N–H and O–H groups in total. The Balaban J connectivity index is 2.11. The van der Waals surface area contributed by atoms with E-state index in [1.807, 2.05) is 6.07 Å². The Morgan fingerprint density at radius 3 is 2.85 bits per heavy atom. The fourth-order valence-corrected chi connectivity index (χ4v) is 1.74. The Bertz CT molecular complexity index is 555. The molecule has 0 bridgehead atoms. The molecule has 0 aliphatic carbocycles. The van der Waals surface area contributed by atoms with Crippen LogP contribution in [0.15, 0.2) is 30.5 Å². The van der Waals surface area contributed by atoms with Gasteiger partial charge in [-0.15, -0.1) is 0 Å². The first kappa shape index (κ1) is 14.5. The standard InChI is InChI=1S/C14H17F2N3O/c1-9(2)17-8-13-18-7-12(19-13)10-4-3-5-11(6-10)20-14(15)16/h3-7,9,14,17H,8H2,1-2H3,(H,18,19). The van der Waals surface area contributed by atoms with Crippen molar-refractivity contribution in [1.29, 1.82) is 0 Å². The van der Waals surface area contributed by atoms with Gasteiger partial charge in [0.2, 0.25) is 0 Å². The molecule has 108 valence electrons. The SMILES string of the molecule is CC(C)NCc1ncc(-c2cccc(OC(F)F)c2)[nH]1. The number of hydrogen-bond donors (Lipinski definition) is 2. The van der Waals surface area contributed by atoms with Gasteiger partial charge in [0.25, 0.3) is 0 Å². The Kier molecular flexibility index (Phi) is 4.68. The molecule has 1 aromatic carbocycles. The summed E-state index contributed by atoms with van der Waals surface area (Å²) >= 11 is 0. The largest absolute Gasteiger partial charge is 0.435 e. The van der Waals surface area contributed by atoms with E-state index in [0.29, 0.717) is 12.6 Å². The van der Waals surface area contributed by atoms with E-state index in [-0.39, 0.29) is 5.75 Å². The molecule has 6 heteroatoms. The molecule has 0 unspecified atom stereocenters. The second kappa shape index (κ2) is 6.47. The lowest BCUT2D eigenvalue weighted by Crippen LogP contribution is -2.22. The average Bonchev–Trinajstić information content (AvgIpc) is 2.84. The number of benzene rings is 1. The molecule has 0 fully saturated rings. The van der Waals surface area contributed by atoms with E-state index >= 15 is 0 Å². The van der Waals surface area contributed by atoms with Crippen molar-refractivity contribution in [1.82, 2.24) is 15.3 Å². The number of hydrogen-bond acceptors (Lipinski definition) is 3. The van der Waals surface area contributed by atoms with Crippen LogP contribution in [0.1, 0.15) is 19.7 Å². The zero-order valence-corrected chi connectivity index (χ0v) is 11.4. The van der Waals surface area contributed by atoms with Crippen molar-refractivity contribution in [2.45, 2.75) is 33.0 Å². The minimum absolute atomic E-state index is 0.133. The quantitative estimate of drug-likeness (QED) is 0.855. The number of ether oxygens (including phenoxy) is 1. The maximum Gasteiger partial charge on any atom is 0.387 e. The van der Waals surface area contributed by atoms with Gasteiger partial charge in [-0.2, -0.15) is 8.78 Å². The van der Waals surface area contributed by atoms with Crippen molar-refractivity contribution in [2.75, 3.05) is 0 Å². The molecule has 0 saturated carbocycles. The van der Waals surface area contributed by atoms with Crippen LogP contribution in [0, 0.1) is 0 Å². The third-order valence-electron chi connectivity index (χ3n) is 2.68. The van der Waals surface area contributed by atoms with E-state index < -0.39 is 6.61 Å². The van der Waals surface area contributed by atoms with Gasteiger partial charge in [0.1, 0.15) is 11.6 Å². The molecular weight excluding hydrogens is 264 g/mol. The second-order valence-corrected chi connectivity index (χ2v) is 4.69. The van der Waals surface area contributed by atoms with Gasteiger partial charge in [0, 0.05) is 11.6 Å². The third kappa shape index (κ3) is 4.03. The minimum atomic E-state index is -2.82. The Morgan fingerprint density at radius 2 is 2.15 bits per heavy atom. The Hall–Kier alpha value is -1.95. The third-order valence-corrected chi connectivity index (χ3v) is 2.68. The molecular formula is C14H17F2N3O. The van der Waals surface area contributed by atoms with Crippen molar-refractivity contribution in [3.8, 4) is 17.0 Å². The highest BCUT2D eigenvalue weighted by atomic mass is 19.3. The predicted octanol–water partition coefficient (Wildman–Crippen LogP) is 3.18.